The molecule has 1 fully saturated rings. The highest BCUT2D eigenvalue weighted by molar-refractivity contribution is 5.41. The van der Waals surface area contributed by atoms with E-state index in [4.69, 9.17) is 10.4 Å². The summed E-state index contributed by atoms with van der Waals surface area (Å²) in [4.78, 5) is 2.27. The first-order chi connectivity index (χ1) is 10.2. The molecule has 0 radical (unpaired) electrons. The minimum Gasteiger partial charge on any atom is -0.395 e. The van der Waals surface area contributed by atoms with Gasteiger partial charge in [-0.1, -0.05) is 17.9 Å². The van der Waals surface area contributed by atoms with E-state index in [0.29, 0.717) is 31.0 Å². The average Bonchev–Trinajstić information content (AvgIpc) is 3.30. The lowest BCUT2D eigenvalue weighted by Gasteiger charge is -2.21. The minimum absolute atomic E-state index is 0.00795. The van der Waals surface area contributed by atoms with Crippen LogP contribution in [0.1, 0.15) is 36.8 Å². The molecule has 0 saturated heterocycles. The topological polar surface area (TPSA) is 47.3 Å². The van der Waals surface area contributed by atoms with Crippen LogP contribution in [0.4, 0.5) is 4.39 Å². The second-order valence-corrected chi connectivity index (χ2v) is 5.19. The van der Waals surface area contributed by atoms with Crippen LogP contribution < -0.4 is 0 Å². The van der Waals surface area contributed by atoms with Crippen molar-refractivity contribution in [2.75, 3.05) is 13.2 Å². The van der Waals surface area contributed by atoms with Crippen LogP contribution in [-0.2, 0) is 6.54 Å². The van der Waals surface area contributed by atoms with Crippen LogP contribution in [0.2, 0.25) is 0 Å². The third-order valence-corrected chi connectivity index (χ3v) is 3.48. The van der Waals surface area contributed by atoms with Gasteiger partial charge < -0.3 is 5.11 Å². The molecule has 2 rings (SSSR count). The first-order valence-electron chi connectivity index (χ1n) is 7.23. The maximum Gasteiger partial charge on any atom is 0.124 e. The molecule has 1 aromatic rings. The SMILES string of the molecule is N#CCCN(Cc1ccc(F)cc1C#CCCO)C1CC1. The zero-order valence-corrected chi connectivity index (χ0v) is 12.0. The fraction of sp³-hybridized carbons (Fsp3) is 0.471. The minimum atomic E-state index is -0.304. The molecule has 0 aliphatic heterocycles. The molecule has 3 nitrogen and oxygen atoms in total. The Morgan fingerprint density at radius 3 is 2.81 bits per heavy atom. The zero-order chi connectivity index (χ0) is 15.1. The molecular formula is C17H19FN2O. The first kappa shape index (κ1) is 15.5. The average molecular weight is 286 g/mol. The van der Waals surface area contributed by atoms with Crippen molar-refractivity contribution in [1.29, 1.82) is 5.26 Å². The molecule has 1 saturated carbocycles. The summed E-state index contributed by atoms with van der Waals surface area (Å²) in [6.45, 7) is 1.44. The van der Waals surface area contributed by atoms with Gasteiger partial charge in [-0.2, -0.15) is 5.26 Å². The van der Waals surface area contributed by atoms with E-state index in [1.807, 2.05) is 0 Å². The molecule has 0 atom stereocenters. The van der Waals surface area contributed by atoms with Gasteiger partial charge in [0, 0.05) is 37.5 Å². The number of aliphatic hydroxyl groups is 1. The highest BCUT2D eigenvalue weighted by Gasteiger charge is 2.28. The van der Waals surface area contributed by atoms with E-state index in [1.165, 1.54) is 12.1 Å². The standard InChI is InChI=1S/C17H19FN2O/c18-16-6-5-15(14(12-16)4-1-2-11-21)13-20(10-3-9-19)17-7-8-17/h5-6,12,17,21H,2-3,7-8,10-11,13H2. The molecule has 1 N–H and O–H groups in total. The Kier molecular flexibility index (Phi) is 5.75. The molecule has 0 spiro atoms. The number of nitrogens with zero attached hydrogens (tertiary/aromatic N) is 2. The lowest BCUT2D eigenvalue weighted by molar-refractivity contribution is 0.260. The van der Waals surface area contributed by atoms with Crippen molar-refractivity contribution in [2.45, 2.75) is 38.3 Å². The highest BCUT2D eigenvalue weighted by Crippen LogP contribution is 2.29. The van der Waals surface area contributed by atoms with E-state index < -0.39 is 0 Å². The summed E-state index contributed by atoms with van der Waals surface area (Å²) in [5, 5.41) is 17.5. The van der Waals surface area contributed by atoms with E-state index in [0.717, 1.165) is 24.9 Å². The molecule has 0 amide bonds. The summed E-state index contributed by atoms with van der Waals surface area (Å²) in [6.07, 6.45) is 3.22. The number of nitriles is 1. The third-order valence-electron chi connectivity index (χ3n) is 3.48. The van der Waals surface area contributed by atoms with Crippen LogP contribution >= 0.6 is 0 Å². The van der Waals surface area contributed by atoms with Crippen molar-refractivity contribution in [3.63, 3.8) is 0 Å². The van der Waals surface area contributed by atoms with E-state index >= 15 is 0 Å². The molecule has 110 valence electrons. The first-order valence-corrected chi connectivity index (χ1v) is 7.23. The van der Waals surface area contributed by atoms with Crippen LogP contribution in [0, 0.1) is 29.0 Å². The molecule has 0 heterocycles. The summed E-state index contributed by atoms with van der Waals surface area (Å²) < 4.78 is 13.4. The van der Waals surface area contributed by atoms with Crippen LogP contribution in [0.15, 0.2) is 18.2 Å². The van der Waals surface area contributed by atoms with Gasteiger partial charge in [-0.25, -0.2) is 4.39 Å². The zero-order valence-electron chi connectivity index (χ0n) is 12.0. The second-order valence-electron chi connectivity index (χ2n) is 5.19. The fourth-order valence-corrected chi connectivity index (χ4v) is 2.26. The van der Waals surface area contributed by atoms with Crippen LogP contribution in [0.5, 0.6) is 0 Å². The maximum atomic E-state index is 13.4. The molecule has 0 aromatic heterocycles. The van der Waals surface area contributed by atoms with Crippen molar-refractivity contribution < 1.29 is 9.50 Å². The van der Waals surface area contributed by atoms with Gasteiger partial charge >= 0.3 is 0 Å². The van der Waals surface area contributed by atoms with Gasteiger partial charge in [0.05, 0.1) is 12.7 Å². The van der Waals surface area contributed by atoms with Gasteiger partial charge in [0.25, 0.3) is 0 Å². The van der Waals surface area contributed by atoms with Crippen molar-refractivity contribution >= 4 is 0 Å². The molecule has 0 unspecified atom stereocenters. The molecule has 21 heavy (non-hydrogen) atoms. The van der Waals surface area contributed by atoms with Crippen LogP contribution in [0.3, 0.4) is 0 Å². The van der Waals surface area contributed by atoms with Crippen molar-refractivity contribution in [1.82, 2.24) is 4.90 Å². The lowest BCUT2D eigenvalue weighted by Crippen LogP contribution is -2.27. The van der Waals surface area contributed by atoms with Gasteiger partial charge in [-0.05, 0) is 30.5 Å². The van der Waals surface area contributed by atoms with Gasteiger partial charge in [-0.3, -0.25) is 4.90 Å². The summed E-state index contributed by atoms with van der Waals surface area (Å²) in [5.41, 5.74) is 1.65. The normalized spacial score (nSPS) is 13.6. The Morgan fingerprint density at radius 1 is 1.33 bits per heavy atom. The van der Waals surface area contributed by atoms with Crippen molar-refractivity contribution in [2.24, 2.45) is 0 Å². The number of hydrogen-bond acceptors (Lipinski definition) is 3. The Balaban J connectivity index is 2.14. The lowest BCUT2D eigenvalue weighted by atomic mass is 10.1. The Labute approximate surface area is 125 Å². The second kappa shape index (κ2) is 7.78. The Bertz CT molecular complexity index is 579. The van der Waals surface area contributed by atoms with Crippen LogP contribution in [0.25, 0.3) is 0 Å². The van der Waals surface area contributed by atoms with Gasteiger partial charge in [0.2, 0.25) is 0 Å². The van der Waals surface area contributed by atoms with E-state index in [2.05, 4.69) is 22.8 Å². The Morgan fingerprint density at radius 2 is 2.14 bits per heavy atom. The quantitative estimate of drug-likeness (QED) is 0.817. The summed E-state index contributed by atoms with van der Waals surface area (Å²) in [7, 11) is 0. The van der Waals surface area contributed by atoms with Gasteiger partial charge in [0.1, 0.15) is 5.82 Å². The number of halogens is 1. The number of hydrogen-bond donors (Lipinski definition) is 1. The van der Waals surface area contributed by atoms with Gasteiger partial charge in [0.15, 0.2) is 0 Å². The van der Waals surface area contributed by atoms with Crippen LogP contribution in [-0.4, -0.2) is 29.2 Å². The summed E-state index contributed by atoms with van der Waals surface area (Å²) in [5.74, 6) is 5.47. The number of aliphatic hydroxyl groups excluding tert-OH is 1. The monoisotopic (exact) mass is 286 g/mol. The maximum absolute atomic E-state index is 13.4. The van der Waals surface area contributed by atoms with Crippen molar-refractivity contribution in [3.8, 4) is 17.9 Å². The molecule has 4 heteroatoms. The smallest absolute Gasteiger partial charge is 0.124 e. The van der Waals surface area contributed by atoms with Gasteiger partial charge in [-0.15, -0.1) is 0 Å². The fourth-order valence-electron chi connectivity index (χ4n) is 2.26. The van der Waals surface area contributed by atoms with E-state index in [9.17, 15) is 4.39 Å². The largest absolute Gasteiger partial charge is 0.395 e. The molecule has 0 bridgehead atoms. The van der Waals surface area contributed by atoms with E-state index in [-0.39, 0.29) is 12.4 Å². The Hall–Kier alpha value is -1.88. The molecular weight excluding hydrogens is 267 g/mol. The third kappa shape index (κ3) is 4.86. The van der Waals surface area contributed by atoms with E-state index in [1.54, 1.807) is 6.07 Å². The number of rotatable bonds is 6. The molecule has 1 aliphatic carbocycles. The summed E-state index contributed by atoms with van der Waals surface area (Å²) >= 11 is 0. The predicted octanol–water partition coefficient (Wildman–Crippen LogP) is 2.44. The number of benzene rings is 1. The predicted molar refractivity (Wildman–Crippen MR) is 78.6 cm³/mol. The highest BCUT2D eigenvalue weighted by atomic mass is 19.1. The molecule has 1 aromatic carbocycles. The van der Waals surface area contributed by atoms with Crippen molar-refractivity contribution in [3.05, 3.63) is 35.1 Å². The molecule has 1 aliphatic rings. The summed E-state index contributed by atoms with van der Waals surface area (Å²) in [6, 6.07) is 7.37.